The quantitative estimate of drug-likeness (QED) is 0.278. The van der Waals surface area contributed by atoms with E-state index in [2.05, 4.69) is 0 Å². The fraction of sp³-hybridized carbons (Fsp3) is 0.500. The van der Waals surface area contributed by atoms with Gasteiger partial charge in [-0.25, -0.2) is 0 Å². The predicted molar refractivity (Wildman–Crippen MR) is 23.5 cm³/mol. The van der Waals surface area contributed by atoms with Gasteiger partial charge in [-0.2, -0.15) is 0 Å². The predicted octanol–water partition coefficient (Wildman–Crippen LogP) is -1.02. The lowest BCUT2D eigenvalue weighted by Gasteiger charge is -1.88. The van der Waals surface area contributed by atoms with Gasteiger partial charge in [-0.05, 0) is 0 Å². The molecule has 0 spiro atoms. The van der Waals surface area contributed by atoms with Gasteiger partial charge in [-0.3, -0.25) is 25.0 Å². The maximum absolute atomic E-state index is 9.47. The van der Waals surface area contributed by atoms with E-state index in [1.165, 1.54) is 0 Å². The van der Waals surface area contributed by atoms with Crippen LogP contribution in [-0.2, 0) is 4.79 Å². The Morgan fingerprint density at radius 1 is 1.22 bits per heavy atom. The van der Waals surface area contributed by atoms with E-state index < -0.39 is 16.0 Å². The van der Waals surface area contributed by atoms with E-state index in [9.17, 15) is 25.0 Å². The Bertz CT molecular complexity index is 139. The first-order valence-corrected chi connectivity index (χ1v) is 1.74. The number of nitrogens with zero attached hydrogens (tertiary/aromatic N) is 2. The number of carbonyl (C=O) groups excluding carboxylic acids is 1. The first-order chi connectivity index (χ1) is 4.09. The van der Waals surface area contributed by atoms with Crippen molar-refractivity contribution in [3.8, 4) is 0 Å². The lowest BCUT2D eigenvalue weighted by molar-refractivity contribution is -0.719. The van der Waals surface area contributed by atoms with E-state index in [-0.39, 0.29) is 0 Å². The lowest BCUT2D eigenvalue weighted by Crippen LogP contribution is -2.29. The van der Waals surface area contributed by atoms with Gasteiger partial charge >= 0.3 is 12.5 Å². The van der Waals surface area contributed by atoms with Crippen molar-refractivity contribution in [3.05, 3.63) is 20.2 Å². The average molecular weight is 133 g/mol. The smallest absolute Gasteiger partial charge is 0.274 e. The van der Waals surface area contributed by atoms with Gasteiger partial charge in [-0.1, -0.05) is 0 Å². The Hall–Kier alpha value is -1.53. The molecular weight excluding hydrogens is 132 g/mol. The SMILES string of the molecule is O=[C]C([N+](=O)[O-])[N+](=O)[O-]. The molecule has 0 aliphatic rings. The third-order valence-corrected chi connectivity index (χ3v) is 0.505. The number of rotatable bonds is 3. The van der Waals surface area contributed by atoms with E-state index in [1.807, 2.05) is 0 Å². The zero-order valence-corrected chi connectivity index (χ0v) is 4.01. The molecule has 0 N–H and O–H groups in total. The lowest BCUT2D eigenvalue weighted by atomic mass is 10.6. The van der Waals surface area contributed by atoms with Crippen molar-refractivity contribution in [3.63, 3.8) is 0 Å². The zero-order chi connectivity index (χ0) is 7.44. The van der Waals surface area contributed by atoms with Gasteiger partial charge in [0.25, 0.3) is 0 Å². The Labute approximate surface area is 48.6 Å². The molecule has 0 amide bonds. The molecule has 0 saturated carbocycles. The molecule has 0 bridgehead atoms. The van der Waals surface area contributed by atoms with E-state index in [4.69, 9.17) is 0 Å². The van der Waals surface area contributed by atoms with Crippen LogP contribution in [0.2, 0.25) is 0 Å². The summed E-state index contributed by atoms with van der Waals surface area (Å²) in [5, 5.41) is 18.9. The third kappa shape index (κ3) is 1.80. The fourth-order valence-corrected chi connectivity index (χ4v) is 0.163. The molecule has 0 heterocycles. The van der Waals surface area contributed by atoms with E-state index in [0.29, 0.717) is 6.29 Å². The molecule has 49 valence electrons. The number of hydrogen-bond donors (Lipinski definition) is 0. The monoisotopic (exact) mass is 133 g/mol. The molecular formula is C2HN2O5. The van der Waals surface area contributed by atoms with Crippen molar-refractivity contribution in [1.29, 1.82) is 0 Å². The van der Waals surface area contributed by atoms with Crippen LogP contribution in [0, 0.1) is 20.2 Å². The van der Waals surface area contributed by atoms with Crippen LogP contribution in [0.25, 0.3) is 0 Å². The standard InChI is InChI=1S/C2HN2O5/c5-1-2(3(6)7)4(8)9/h2H. The van der Waals surface area contributed by atoms with Gasteiger partial charge in [0.1, 0.15) is 9.85 Å². The molecule has 0 saturated heterocycles. The van der Waals surface area contributed by atoms with Gasteiger partial charge < -0.3 is 0 Å². The van der Waals surface area contributed by atoms with Crippen molar-refractivity contribution in [1.82, 2.24) is 0 Å². The second-order valence-electron chi connectivity index (χ2n) is 1.06. The van der Waals surface area contributed by atoms with Gasteiger partial charge in [0, 0.05) is 0 Å². The molecule has 0 aromatic carbocycles. The summed E-state index contributed by atoms with van der Waals surface area (Å²) in [5.41, 5.74) is 0. The molecule has 0 fully saturated rings. The van der Waals surface area contributed by atoms with Crippen LogP contribution in [0.1, 0.15) is 0 Å². The van der Waals surface area contributed by atoms with Crippen LogP contribution in [-0.4, -0.2) is 22.3 Å². The molecule has 1 radical (unpaired) electrons. The van der Waals surface area contributed by atoms with E-state index >= 15 is 0 Å². The van der Waals surface area contributed by atoms with Crippen molar-refractivity contribution in [2.75, 3.05) is 0 Å². The largest absolute Gasteiger partial charge is 0.516 e. The first-order valence-electron chi connectivity index (χ1n) is 1.74. The topological polar surface area (TPSA) is 103 Å². The van der Waals surface area contributed by atoms with Crippen LogP contribution in [0.15, 0.2) is 0 Å². The van der Waals surface area contributed by atoms with E-state index in [0.717, 1.165) is 0 Å². The van der Waals surface area contributed by atoms with Gasteiger partial charge in [0.15, 0.2) is 0 Å². The van der Waals surface area contributed by atoms with Crippen molar-refractivity contribution >= 4 is 6.29 Å². The van der Waals surface area contributed by atoms with Crippen LogP contribution in [0.3, 0.4) is 0 Å². The Morgan fingerprint density at radius 3 is 1.56 bits per heavy atom. The fourth-order valence-electron chi connectivity index (χ4n) is 0.163. The molecule has 0 aliphatic carbocycles. The summed E-state index contributed by atoms with van der Waals surface area (Å²) in [6, 6.07) is 0. The Morgan fingerprint density at radius 2 is 1.56 bits per heavy atom. The summed E-state index contributed by atoms with van der Waals surface area (Å²) in [6.45, 7) is 0. The molecule has 9 heavy (non-hydrogen) atoms. The van der Waals surface area contributed by atoms with Crippen LogP contribution in [0.4, 0.5) is 0 Å². The minimum absolute atomic E-state index is 0.653. The van der Waals surface area contributed by atoms with Gasteiger partial charge in [-0.15, -0.1) is 0 Å². The summed E-state index contributed by atoms with van der Waals surface area (Å²) in [6.07, 6.45) is -1.79. The average Bonchev–Trinajstić information content (AvgIpc) is 1.64. The highest BCUT2D eigenvalue weighted by molar-refractivity contribution is 5.53. The number of hydrogen-bond acceptors (Lipinski definition) is 5. The molecule has 0 aliphatic heterocycles. The summed E-state index contributed by atoms with van der Waals surface area (Å²) >= 11 is 0. The summed E-state index contributed by atoms with van der Waals surface area (Å²) in [5.74, 6) is 0. The molecule has 0 aromatic heterocycles. The van der Waals surface area contributed by atoms with Gasteiger partial charge in [0.05, 0.1) is 0 Å². The van der Waals surface area contributed by atoms with Crippen molar-refractivity contribution < 1.29 is 14.6 Å². The number of nitro groups is 2. The highest BCUT2D eigenvalue weighted by atomic mass is 16.7. The zero-order valence-electron chi connectivity index (χ0n) is 4.01. The maximum Gasteiger partial charge on any atom is 0.516 e. The Balaban J connectivity index is 4.16. The second kappa shape index (κ2) is 2.70. The maximum atomic E-state index is 9.47. The summed E-state index contributed by atoms with van der Waals surface area (Å²) in [7, 11) is 0. The Kier molecular flexibility index (Phi) is 2.24. The molecule has 0 aromatic rings. The van der Waals surface area contributed by atoms with Crippen LogP contribution >= 0.6 is 0 Å². The highest BCUT2D eigenvalue weighted by Crippen LogP contribution is 1.84. The highest BCUT2D eigenvalue weighted by Gasteiger charge is 2.32. The summed E-state index contributed by atoms with van der Waals surface area (Å²) in [4.78, 5) is 25.7. The first kappa shape index (κ1) is 7.47. The molecule has 0 atom stereocenters. The molecule has 0 unspecified atom stereocenters. The minimum atomic E-state index is -2.44. The van der Waals surface area contributed by atoms with Crippen LogP contribution < -0.4 is 0 Å². The van der Waals surface area contributed by atoms with Crippen molar-refractivity contribution in [2.24, 2.45) is 0 Å². The normalized spacial score (nSPS) is 9.00. The van der Waals surface area contributed by atoms with Gasteiger partial charge in [0.2, 0.25) is 0 Å². The van der Waals surface area contributed by atoms with E-state index in [1.54, 1.807) is 0 Å². The minimum Gasteiger partial charge on any atom is -0.274 e. The van der Waals surface area contributed by atoms with Crippen molar-refractivity contribution in [2.45, 2.75) is 6.17 Å². The molecule has 7 nitrogen and oxygen atoms in total. The van der Waals surface area contributed by atoms with Crippen LogP contribution in [0.5, 0.6) is 0 Å². The molecule has 0 rings (SSSR count). The molecule has 7 heteroatoms. The second-order valence-corrected chi connectivity index (χ2v) is 1.06. The third-order valence-electron chi connectivity index (χ3n) is 0.505. The summed E-state index contributed by atoms with van der Waals surface area (Å²) < 4.78 is 0.